The first-order valence-electron chi connectivity index (χ1n) is 12.9. The van der Waals surface area contributed by atoms with Crippen LogP contribution in [0.15, 0.2) is 36.4 Å². The maximum atomic E-state index is 13.4. The third kappa shape index (κ3) is 8.65. The number of nitrogens with zero attached hydrogens (tertiary/aromatic N) is 2. The van der Waals surface area contributed by atoms with E-state index in [0.29, 0.717) is 52.6 Å². The molecule has 1 N–H and O–H groups in total. The van der Waals surface area contributed by atoms with Crippen LogP contribution in [-0.2, 0) is 26.2 Å². The number of halogens is 2. The SMILES string of the molecule is CCCCNC(=O)[C@H](C)N(Cc1ccc(Cl)cc1Cl)C(=O)CCCN(c1ccc2c(c1)OCCO2)S(C)(=O)=O. The van der Waals surface area contributed by atoms with E-state index in [4.69, 9.17) is 32.7 Å². The molecule has 9 nitrogen and oxygen atoms in total. The maximum Gasteiger partial charge on any atom is 0.242 e. The summed E-state index contributed by atoms with van der Waals surface area (Å²) in [5.74, 6) is 0.458. The first kappa shape index (κ1) is 30.8. The van der Waals surface area contributed by atoms with Gasteiger partial charge < -0.3 is 19.7 Å². The Bertz CT molecular complexity index is 1270. The molecule has 2 amide bonds. The number of carbonyl (C=O) groups is 2. The molecule has 0 saturated carbocycles. The fourth-order valence-electron chi connectivity index (χ4n) is 4.14. The highest BCUT2D eigenvalue weighted by molar-refractivity contribution is 7.92. The summed E-state index contributed by atoms with van der Waals surface area (Å²) in [4.78, 5) is 27.7. The molecule has 0 fully saturated rings. The van der Waals surface area contributed by atoms with Crippen LogP contribution in [0.4, 0.5) is 5.69 Å². The average molecular weight is 601 g/mol. The van der Waals surface area contributed by atoms with Crippen molar-refractivity contribution in [3.63, 3.8) is 0 Å². The van der Waals surface area contributed by atoms with Gasteiger partial charge in [0.15, 0.2) is 11.5 Å². The van der Waals surface area contributed by atoms with Gasteiger partial charge in [0.05, 0.1) is 11.9 Å². The molecule has 0 bridgehead atoms. The van der Waals surface area contributed by atoms with Gasteiger partial charge >= 0.3 is 0 Å². The van der Waals surface area contributed by atoms with Crippen LogP contribution >= 0.6 is 23.2 Å². The quantitative estimate of drug-likeness (QED) is 0.336. The van der Waals surface area contributed by atoms with E-state index >= 15 is 0 Å². The van der Waals surface area contributed by atoms with Crippen molar-refractivity contribution in [3.05, 3.63) is 52.0 Å². The number of carbonyl (C=O) groups excluding carboxylic acids is 2. The molecule has 1 heterocycles. The van der Waals surface area contributed by atoms with Crippen LogP contribution in [0.2, 0.25) is 10.0 Å². The lowest BCUT2D eigenvalue weighted by molar-refractivity contribution is -0.140. The van der Waals surface area contributed by atoms with Crippen LogP contribution in [0.5, 0.6) is 11.5 Å². The summed E-state index contributed by atoms with van der Waals surface area (Å²) in [6.45, 7) is 5.19. The molecule has 214 valence electrons. The second kappa shape index (κ2) is 14.1. The van der Waals surface area contributed by atoms with Gasteiger partial charge in [0.25, 0.3) is 0 Å². The summed E-state index contributed by atoms with van der Waals surface area (Å²) in [5, 5.41) is 3.73. The van der Waals surface area contributed by atoms with Crippen molar-refractivity contribution in [3.8, 4) is 11.5 Å². The average Bonchev–Trinajstić information content (AvgIpc) is 2.89. The van der Waals surface area contributed by atoms with Crippen molar-refractivity contribution in [2.75, 3.05) is 36.9 Å². The minimum absolute atomic E-state index is 0.0222. The monoisotopic (exact) mass is 599 g/mol. The summed E-state index contributed by atoms with van der Waals surface area (Å²) in [6.07, 6.45) is 3.13. The fraction of sp³-hybridized carbons (Fsp3) is 0.481. The van der Waals surface area contributed by atoms with E-state index in [0.717, 1.165) is 19.1 Å². The summed E-state index contributed by atoms with van der Waals surface area (Å²) < 4.78 is 37.6. The number of rotatable bonds is 13. The van der Waals surface area contributed by atoms with E-state index < -0.39 is 16.1 Å². The molecule has 2 aromatic carbocycles. The molecule has 39 heavy (non-hydrogen) atoms. The Morgan fingerprint density at radius 3 is 2.44 bits per heavy atom. The number of anilines is 1. The molecule has 1 atom stereocenters. The zero-order valence-electron chi connectivity index (χ0n) is 22.4. The lowest BCUT2D eigenvalue weighted by atomic mass is 10.1. The van der Waals surface area contributed by atoms with Crippen LogP contribution in [0.25, 0.3) is 0 Å². The van der Waals surface area contributed by atoms with Gasteiger partial charge in [-0.3, -0.25) is 13.9 Å². The van der Waals surface area contributed by atoms with Crippen molar-refractivity contribution in [1.29, 1.82) is 0 Å². The minimum atomic E-state index is -3.65. The van der Waals surface area contributed by atoms with Gasteiger partial charge in [-0.2, -0.15) is 0 Å². The molecule has 3 rings (SSSR count). The molecule has 0 radical (unpaired) electrons. The van der Waals surface area contributed by atoms with E-state index in [-0.39, 0.29) is 37.7 Å². The van der Waals surface area contributed by atoms with E-state index in [2.05, 4.69) is 5.32 Å². The largest absolute Gasteiger partial charge is 0.486 e. The molecule has 2 aromatic rings. The van der Waals surface area contributed by atoms with Crippen molar-refractivity contribution in [1.82, 2.24) is 10.2 Å². The molecule has 0 saturated heterocycles. The zero-order chi connectivity index (χ0) is 28.6. The number of unbranched alkanes of at least 4 members (excludes halogenated alkanes) is 1. The third-order valence-corrected chi connectivity index (χ3v) is 8.10. The molecular weight excluding hydrogens is 565 g/mol. The van der Waals surface area contributed by atoms with Crippen molar-refractivity contribution in [2.24, 2.45) is 0 Å². The van der Waals surface area contributed by atoms with Gasteiger partial charge in [0, 0.05) is 42.2 Å². The Morgan fingerprint density at radius 2 is 1.77 bits per heavy atom. The van der Waals surface area contributed by atoms with Crippen LogP contribution in [0, 0.1) is 0 Å². The van der Waals surface area contributed by atoms with E-state index in [1.165, 1.54) is 9.21 Å². The molecule has 0 spiro atoms. The third-order valence-electron chi connectivity index (χ3n) is 6.32. The first-order chi connectivity index (χ1) is 18.5. The molecule has 12 heteroatoms. The second-order valence-electron chi connectivity index (χ2n) is 9.34. The number of amides is 2. The van der Waals surface area contributed by atoms with Gasteiger partial charge in [-0.15, -0.1) is 0 Å². The Kier molecular flexibility index (Phi) is 11.1. The molecule has 0 aliphatic carbocycles. The molecule has 1 aliphatic rings. The number of fused-ring (bicyclic) bond motifs is 1. The van der Waals surface area contributed by atoms with Crippen molar-refractivity contribution < 1.29 is 27.5 Å². The number of sulfonamides is 1. The normalized spacial score (nSPS) is 13.5. The lowest BCUT2D eigenvalue weighted by Crippen LogP contribution is -2.48. The van der Waals surface area contributed by atoms with Crippen molar-refractivity contribution >= 4 is 50.7 Å². The molecular formula is C27H35Cl2N3O6S. The topological polar surface area (TPSA) is 105 Å². The fourth-order valence-corrected chi connectivity index (χ4v) is 5.57. The first-order valence-corrected chi connectivity index (χ1v) is 15.5. The summed E-state index contributed by atoms with van der Waals surface area (Å²) in [6, 6.07) is 9.16. The highest BCUT2D eigenvalue weighted by Gasteiger charge is 2.27. The summed E-state index contributed by atoms with van der Waals surface area (Å²) in [5.41, 5.74) is 1.07. The van der Waals surface area contributed by atoms with Gasteiger partial charge in [-0.25, -0.2) is 8.42 Å². The minimum Gasteiger partial charge on any atom is -0.486 e. The standard InChI is InChI=1S/C27H35Cl2N3O6S/c1-4-5-12-30-27(34)19(2)31(18-20-8-9-21(28)16-23(20)29)26(33)7-6-13-32(39(3,35)36)22-10-11-24-25(17-22)38-15-14-37-24/h8-11,16-17,19H,4-7,12-15,18H2,1-3H3,(H,30,34)/t19-/m0/s1. The zero-order valence-corrected chi connectivity index (χ0v) is 24.7. The van der Waals surface area contributed by atoms with Crippen LogP contribution in [-0.4, -0.2) is 63.7 Å². The number of hydrogen-bond donors (Lipinski definition) is 1. The number of nitrogens with one attached hydrogen (secondary N) is 1. The van der Waals surface area contributed by atoms with Crippen LogP contribution < -0.4 is 19.1 Å². The summed E-state index contributed by atoms with van der Waals surface area (Å²) >= 11 is 12.4. The van der Waals surface area contributed by atoms with E-state index in [1.54, 1.807) is 43.3 Å². The van der Waals surface area contributed by atoms with Gasteiger partial charge in [-0.05, 0) is 49.6 Å². The predicted molar refractivity (Wildman–Crippen MR) is 153 cm³/mol. The highest BCUT2D eigenvalue weighted by Crippen LogP contribution is 2.35. The molecule has 0 unspecified atom stereocenters. The smallest absolute Gasteiger partial charge is 0.242 e. The number of ether oxygens (including phenoxy) is 2. The Morgan fingerprint density at radius 1 is 1.05 bits per heavy atom. The van der Waals surface area contributed by atoms with Crippen molar-refractivity contribution in [2.45, 2.75) is 52.1 Å². The van der Waals surface area contributed by atoms with Crippen LogP contribution in [0.1, 0.15) is 45.1 Å². The number of hydrogen-bond acceptors (Lipinski definition) is 6. The highest BCUT2D eigenvalue weighted by atomic mass is 35.5. The predicted octanol–water partition coefficient (Wildman–Crippen LogP) is 4.64. The Hall–Kier alpha value is -2.69. The number of benzene rings is 2. The second-order valence-corrected chi connectivity index (χ2v) is 12.1. The van der Waals surface area contributed by atoms with Gasteiger partial charge in [-0.1, -0.05) is 42.6 Å². The Balaban J connectivity index is 1.74. The van der Waals surface area contributed by atoms with Gasteiger partial charge in [0.2, 0.25) is 21.8 Å². The van der Waals surface area contributed by atoms with Gasteiger partial charge in [0.1, 0.15) is 19.3 Å². The van der Waals surface area contributed by atoms with Crippen LogP contribution in [0.3, 0.4) is 0 Å². The Labute approximate surface area is 240 Å². The lowest BCUT2D eigenvalue weighted by Gasteiger charge is -2.30. The van der Waals surface area contributed by atoms with E-state index in [9.17, 15) is 18.0 Å². The maximum absolute atomic E-state index is 13.4. The summed E-state index contributed by atoms with van der Waals surface area (Å²) in [7, 11) is -3.65. The molecule has 1 aliphatic heterocycles. The molecule has 0 aromatic heterocycles. The van der Waals surface area contributed by atoms with E-state index in [1.807, 2.05) is 6.92 Å².